The van der Waals surface area contributed by atoms with Crippen molar-refractivity contribution in [2.75, 3.05) is 6.54 Å². The third-order valence-electron chi connectivity index (χ3n) is 3.72. The van der Waals surface area contributed by atoms with Crippen molar-refractivity contribution < 1.29 is 0 Å². The highest BCUT2D eigenvalue weighted by molar-refractivity contribution is 5.42. The summed E-state index contributed by atoms with van der Waals surface area (Å²) in [5.74, 6) is 0.417. The lowest BCUT2D eigenvalue weighted by atomic mass is 9.94. The number of pyridine rings is 1. The summed E-state index contributed by atoms with van der Waals surface area (Å²) in [6.45, 7) is 9.89. The fraction of sp³-hybridized carbons (Fsp3) is 0.600. The van der Waals surface area contributed by atoms with Crippen LogP contribution >= 0.6 is 0 Å². The molecule has 0 amide bonds. The maximum atomic E-state index is 4.36. The highest BCUT2D eigenvalue weighted by atomic mass is 15.3. The van der Waals surface area contributed by atoms with Gasteiger partial charge in [-0.25, -0.2) is 9.50 Å². The second kappa shape index (κ2) is 6.15. The zero-order valence-electron chi connectivity index (χ0n) is 12.3. The number of hydrogen-bond donors (Lipinski definition) is 1. The number of aryl methyl sites for hydroxylation is 1. The molecule has 0 radical (unpaired) electrons. The highest BCUT2D eigenvalue weighted by Gasteiger charge is 2.20. The van der Waals surface area contributed by atoms with Gasteiger partial charge in [0.05, 0.1) is 0 Å². The Hall–Kier alpha value is -1.42. The van der Waals surface area contributed by atoms with Crippen LogP contribution in [0.2, 0.25) is 0 Å². The Morgan fingerprint density at radius 2 is 2.11 bits per heavy atom. The Morgan fingerprint density at radius 1 is 1.32 bits per heavy atom. The van der Waals surface area contributed by atoms with Gasteiger partial charge < -0.3 is 5.32 Å². The number of nitrogens with zero attached hydrogens (tertiary/aromatic N) is 3. The van der Waals surface area contributed by atoms with Gasteiger partial charge in [-0.2, -0.15) is 5.10 Å². The first-order chi connectivity index (χ1) is 9.17. The van der Waals surface area contributed by atoms with Gasteiger partial charge in [0.1, 0.15) is 6.33 Å². The minimum Gasteiger partial charge on any atom is -0.313 e. The lowest BCUT2D eigenvalue weighted by Crippen LogP contribution is -2.34. The molecule has 4 heteroatoms. The Balaban J connectivity index is 2.33. The second-order valence-corrected chi connectivity index (χ2v) is 5.25. The summed E-state index contributed by atoms with van der Waals surface area (Å²) in [6, 6.07) is 4.78. The van der Waals surface area contributed by atoms with Crippen LogP contribution in [0.25, 0.3) is 5.65 Å². The van der Waals surface area contributed by atoms with Crippen LogP contribution in [0.15, 0.2) is 18.5 Å². The summed E-state index contributed by atoms with van der Waals surface area (Å²) in [5, 5.41) is 7.99. The molecule has 2 aromatic heterocycles. The van der Waals surface area contributed by atoms with Crippen molar-refractivity contribution in [3.8, 4) is 0 Å². The molecule has 2 rings (SSSR count). The molecule has 0 aromatic carbocycles. The summed E-state index contributed by atoms with van der Waals surface area (Å²) in [6.07, 6.45) is 3.91. The van der Waals surface area contributed by atoms with E-state index in [0.717, 1.165) is 25.0 Å². The van der Waals surface area contributed by atoms with Crippen LogP contribution in [-0.2, 0) is 0 Å². The molecule has 0 aliphatic rings. The molecule has 0 saturated heterocycles. The van der Waals surface area contributed by atoms with Gasteiger partial charge in [0.15, 0.2) is 5.65 Å². The van der Waals surface area contributed by atoms with Gasteiger partial charge in [0.2, 0.25) is 0 Å². The van der Waals surface area contributed by atoms with Crippen molar-refractivity contribution in [2.24, 2.45) is 0 Å². The molecular formula is C15H24N4. The van der Waals surface area contributed by atoms with Crippen molar-refractivity contribution in [3.05, 3.63) is 29.7 Å². The summed E-state index contributed by atoms with van der Waals surface area (Å²) in [5.41, 5.74) is 3.42. The minimum atomic E-state index is 0.417. The van der Waals surface area contributed by atoms with Crippen LogP contribution < -0.4 is 5.32 Å². The first-order valence-corrected chi connectivity index (χ1v) is 7.21. The molecule has 0 aliphatic heterocycles. The number of rotatable bonds is 6. The van der Waals surface area contributed by atoms with Crippen molar-refractivity contribution >= 4 is 5.65 Å². The maximum absolute atomic E-state index is 4.36. The smallest absolute Gasteiger partial charge is 0.155 e. The topological polar surface area (TPSA) is 42.2 Å². The first kappa shape index (κ1) is 14.0. The third kappa shape index (κ3) is 2.95. The molecule has 4 nitrogen and oxygen atoms in total. The van der Waals surface area contributed by atoms with E-state index in [1.807, 2.05) is 4.52 Å². The predicted molar refractivity (Wildman–Crippen MR) is 78.5 cm³/mol. The summed E-state index contributed by atoms with van der Waals surface area (Å²) in [4.78, 5) is 4.30. The lowest BCUT2D eigenvalue weighted by Gasteiger charge is -2.25. The molecule has 2 unspecified atom stereocenters. The van der Waals surface area contributed by atoms with E-state index < -0.39 is 0 Å². The molecule has 104 valence electrons. The van der Waals surface area contributed by atoms with E-state index in [1.54, 1.807) is 6.33 Å². The van der Waals surface area contributed by atoms with E-state index in [9.17, 15) is 0 Å². The molecule has 0 spiro atoms. The van der Waals surface area contributed by atoms with Gasteiger partial charge >= 0.3 is 0 Å². The minimum absolute atomic E-state index is 0.417. The molecule has 2 atom stereocenters. The average Bonchev–Trinajstić information content (AvgIpc) is 2.86. The van der Waals surface area contributed by atoms with Gasteiger partial charge in [0, 0.05) is 17.7 Å². The average molecular weight is 260 g/mol. The summed E-state index contributed by atoms with van der Waals surface area (Å²) < 4.78 is 1.97. The van der Waals surface area contributed by atoms with E-state index >= 15 is 0 Å². The largest absolute Gasteiger partial charge is 0.313 e. The van der Waals surface area contributed by atoms with E-state index in [1.165, 1.54) is 11.3 Å². The third-order valence-corrected chi connectivity index (χ3v) is 3.72. The second-order valence-electron chi connectivity index (χ2n) is 5.25. The van der Waals surface area contributed by atoms with Gasteiger partial charge in [0.25, 0.3) is 0 Å². The number of nitrogens with one attached hydrogen (secondary N) is 1. The fourth-order valence-electron chi connectivity index (χ4n) is 2.62. The highest BCUT2D eigenvalue weighted by Crippen LogP contribution is 2.23. The van der Waals surface area contributed by atoms with Gasteiger partial charge in [-0.3, -0.25) is 0 Å². The van der Waals surface area contributed by atoms with Crippen LogP contribution in [-0.4, -0.2) is 27.2 Å². The van der Waals surface area contributed by atoms with Crippen LogP contribution in [0.5, 0.6) is 0 Å². The van der Waals surface area contributed by atoms with Crippen molar-refractivity contribution in [2.45, 2.75) is 52.5 Å². The Labute approximate surface area is 115 Å². The number of aromatic nitrogens is 3. The van der Waals surface area contributed by atoms with Crippen molar-refractivity contribution in [1.29, 1.82) is 0 Å². The van der Waals surface area contributed by atoms with Crippen LogP contribution in [0, 0.1) is 6.92 Å². The van der Waals surface area contributed by atoms with Gasteiger partial charge in [-0.15, -0.1) is 0 Å². The quantitative estimate of drug-likeness (QED) is 0.868. The Bertz CT molecular complexity index is 532. The molecule has 0 fully saturated rings. The molecular weight excluding hydrogens is 236 g/mol. The van der Waals surface area contributed by atoms with Crippen LogP contribution in [0.4, 0.5) is 0 Å². The molecule has 0 saturated carbocycles. The normalized spacial score (nSPS) is 14.7. The van der Waals surface area contributed by atoms with E-state index in [4.69, 9.17) is 0 Å². The Kier molecular flexibility index (Phi) is 4.53. The molecule has 0 bridgehead atoms. The summed E-state index contributed by atoms with van der Waals surface area (Å²) in [7, 11) is 0. The monoisotopic (exact) mass is 260 g/mol. The lowest BCUT2D eigenvalue weighted by molar-refractivity contribution is 0.428. The molecule has 0 aliphatic carbocycles. The zero-order valence-corrected chi connectivity index (χ0v) is 12.3. The zero-order chi connectivity index (χ0) is 13.8. The fourth-order valence-corrected chi connectivity index (χ4v) is 2.62. The van der Waals surface area contributed by atoms with Gasteiger partial charge in [-0.05, 0) is 44.0 Å². The van der Waals surface area contributed by atoms with Crippen molar-refractivity contribution in [1.82, 2.24) is 19.9 Å². The van der Waals surface area contributed by atoms with E-state index in [2.05, 4.69) is 55.2 Å². The molecule has 19 heavy (non-hydrogen) atoms. The maximum Gasteiger partial charge on any atom is 0.155 e. The van der Waals surface area contributed by atoms with E-state index in [0.29, 0.717) is 12.0 Å². The van der Waals surface area contributed by atoms with Crippen LogP contribution in [0.3, 0.4) is 0 Å². The van der Waals surface area contributed by atoms with Gasteiger partial charge in [-0.1, -0.05) is 20.8 Å². The molecule has 1 N–H and O–H groups in total. The SMILES string of the molecule is CCCNC(CC)C(C)c1cc(C)cc2ncnn12. The molecule has 2 aromatic rings. The summed E-state index contributed by atoms with van der Waals surface area (Å²) >= 11 is 0. The van der Waals surface area contributed by atoms with Crippen molar-refractivity contribution in [3.63, 3.8) is 0 Å². The van der Waals surface area contributed by atoms with Crippen LogP contribution in [0.1, 0.15) is 50.8 Å². The standard InChI is InChI=1S/C15H24N4/c1-5-7-16-13(6-2)12(4)14-8-11(3)9-15-17-10-18-19(14)15/h8-10,12-13,16H,5-7H2,1-4H3. The molecule has 2 heterocycles. The number of fused-ring (bicyclic) bond motifs is 1. The predicted octanol–water partition coefficient (Wildman–Crippen LogP) is 2.92. The van der Waals surface area contributed by atoms with E-state index in [-0.39, 0.29) is 0 Å². The first-order valence-electron chi connectivity index (χ1n) is 7.21. The Morgan fingerprint density at radius 3 is 2.79 bits per heavy atom. The number of hydrogen-bond acceptors (Lipinski definition) is 3.